The summed E-state index contributed by atoms with van der Waals surface area (Å²) in [5.74, 6) is 0. The zero-order valence-corrected chi connectivity index (χ0v) is 23.9. The number of piperazine rings is 1. The minimum Gasteiger partial charge on any atom is -0.659 e. The number of nitrogens with zero attached hydrogens (tertiary/aromatic N) is 3. The van der Waals surface area contributed by atoms with E-state index in [9.17, 15) is 0 Å². The zero-order chi connectivity index (χ0) is 23.5. The first-order chi connectivity index (χ1) is 15.3. The van der Waals surface area contributed by atoms with Gasteiger partial charge < -0.3 is 10.2 Å². The summed E-state index contributed by atoms with van der Waals surface area (Å²) >= 11 is 0. The topological polar surface area (TPSA) is 30.2 Å². The van der Waals surface area contributed by atoms with Crippen LogP contribution in [0.3, 0.4) is 0 Å². The smallest absolute Gasteiger partial charge is 0.659 e. The van der Waals surface area contributed by atoms with Crippen LogP contribution in [0.5, 0.6) is 0 Å². The summed E-state index contributed by atoms with van der Waals surface area (Å²) in [6.07, 6.45) is 3.45. The summed E-state index contributed by atoms with van der Waals surface area (Å²) in [4.78, 5) is 6.79. The molecule has 0 spiro atoms. The van der Waals surface area contributed by atoms with E-state index in [-0.39, 0.29) is 21.1 Å². The average Bonchev–Trinajstić information content (AvgIpc) is 2.88. The number of anilines is 1. The number of fused-ring (bicyclic) bond motifs is 1. The largest absolute Gasteiger partial charge is 2.00 e. The third-order valence-electron chi connectivity index (χ3n) is 4.25. The first kappa shape index (κ1) is 32.2. The second kappa shape index (κ2) is 20.9. The van der Waals surface area contributed by atoms with Crippen molar-refractivity contribution in [2.45, 2.75) is 48.5 Å². The van der Waals surface area contributed by atoms with E-state index in [0.717, 1.165) is 37.3 Å². The maximum atomic E-state index is 5.29. The molecule has 0 radical (unpaired) electrons. The van der Waals surface area contributed by atoms with Crippen LogP contribution in [-0.2, 0) is 21.1 Å². The van der Waals surface area contributed by atoms with Gasteiger partial charge in [-0.05, 0) is 44.3 Å². The van der Waals surface area contributed by atoms with Crippen LogP contribution in [0.25, 0.3) is 22.3 Å². The Balaban J connectivity index is 0. The van der Waals surface area contributed by atoms with Crippen molar-refractivity contribution in [3.63, 3.8) is 0 Å². The third kappa shape index (κ3) is 11.1. The van der Waals surface area contributed by atoms with E-state index >= 15 is 0 Å². The molecule has 174 valence electrons. The minimum absolute atomic E-state index is 0. The zero-order valence-electron chi connectivity index (χ0n) is 21.0. The van der Waals surface area contributed by atoms with E-state index in [1.807, 2.05) is 85.0 Å². The molecular weight excluding hydrogens is 562 g/mol. The third-order valence-corrected chi connectivity index (χ3v) is 4.25. The molecule has 0 saturated carbocycles. The van der Waals surface area contributed by atoms with Gasteiger partial charge in [0.2, 0.25) is 0 Å². The van der Waals surface area contributed by atoms with Crippen LogP contribution in [-0.4, -0.2) is 31.2 Å². The van der Waals surface area contributed by atoms with Crippen molar-refractivity contribution < 1.29 is 21.1 Å². The van der Waals surface area contributed by atoms with Gasteiger partial charge in [0.15, 0.2) is 0 Å². The fourth-order valence-corrected chi connectivity index (χ4v) is 2.98. The normalized spacial score (nSPS) is 11.4. The van der Waals surface area contributed by atoms with Crippen molar-refractivity contribution in [3.05, 3.63) is 83.8 Å². The minimum atomic E-state index is 0. The Hall–Kier alpha value is -1.96. The first-order valence-corrected chi connectivity index (χ1v) is 11.6. The number of aryl methyl sites for hydroxylation is 1. The molecule has 2 heterocycles. The Kier molecular flexibility index (Phi) is 21.1. The van der Waals surface area contributed by atoms with Gasteiger partial charge in [-0.15, -0.1) is 25.2 Å². The van der Waals surface area contributed by atoms with Gasteiger partial charge in [-0.25, -0.2) is 6.08 Å². The Morgan fingerprint density at radius 3 is 2.06 bits per heavy atom. The van der Waals surface area contributed by atoms with E-state index in [4.69, 9.17) is 6.58 Å². The van der Waals surface area contributed by atoms with Crippen LogP contribution < -0.4 is 4.90 Å². The number of hydrogen-bond acceptors (Lipinski definition) is 2. The van der Waals surface area contributed by atoms with Crippen LogP contribution in [0.1, 0.15) is 52.7 Å². The van der Waals surface area contributed by atoms with E-state index < -0.39 is 0 Å². The molecular formula is C28H41N3W. The molecule has 32 heavy (non-hydrogen) atoms. The SMILES string of the molecule is CC.CC.CC.[CH-]=Cc1cccc(C)c1.[W+2].c1cc(N2CC[N-]CC2)c2cccnc2c1. The van der Waals surface area contributed by atoms with Crippen LogP contribution in [0.15, 0.2) is 60.8 Å². The summed E-state index contributed by atoms with van der Waals surface area (Å²) in [6.45, 7) is 23.3. The van der Waals surface area contributed by atoms with Gasteiger partial charge in [-0.1, -0.05) is 65.3 Å². The predicted octanol–water partition coefficient (Wildman–Crippen LogP) is 7.95. The molecule has 4 rings (SSSR count). The van der Waals surface area contributed by atoms with Gasteiger partial charge in [0, 0.05) is 17.3 Å². The van der Waals surface area contributed by atoms with Crippen molar-refractivity contribution in [1.29, 1.82) is 0 Å². The quantitative estimate of drug-likeness (QED) is 0.279. The molecule has 1 saturated heterocycles. The van der Waals surface area contributed by atoms with Crippen molar-refractivity contribution in [3.8, 4) is 0 Å². The van der Waals surface area contributed by atoms with E-state index in [1.165, 1.54) is 16.6 Å². The molecule has 1 aliphatic heterocycles. The fraction of sp³-hybridized carbons (Fsp3) is 0.393. The van der Waals surface area contributed by atoms with Gasteiger partial charge in [0.25, 0.3) is 0 Å². The first-order valence-electron chi connectivity index (χ1n) is 11.6. The van der Waals surface area contributed by atoms with Gasteiger partial charge in [-0.2, -0.15) is 5.56 Å². The molecule has 3 nitrogen and oxygen atoms in total. The van der Waals surface area contributed by atoms with E-state index in [0.29, 0.717) is 0 Å². The molecule has 0 atom stereocenters. The Labute approximate surface area is 211 Å². The predicted molar refractivity (Wildman–Crippen MR) is 141 cm³/mol. The molecule has 1 aromatic heterocycles. The van der Waals surface area contributed by atoms with Gasteiger partial charge >= 0.3 is 21.1 Å². The fourth-order valence-electron chi connectivity index (χ4n) is 2.98. The van der Waals surface area contributed by atoms with Crippen LogP contribution >= 0.6 is 0 Å². The van der Waals surface area contributed by atoms with Gasteiger partial charge in [-0.3, -0.25) is 11.6 Å². The number of pyridine rings is 1. The molecule has 0 N–H and O–H groups in total. The monoisotopic (exact) mass is 603 g/mol. The molecule has 4 heteroatoms. The average molecular weight is 603 g/mol. The number of aromatic nitrogens is 1. The van der Waals surface area contributed by atoms with Crippen LogP contribution in [0.4, 0.5) is 5.69 Å². The second-order valence-electron chi connectivity index (χ2n) is 6.09. The maximum absolute atomic E-state index is 5.29. The standard InChI is InChI=1S/C13H14N3.C9H9.3C2H6.W/c1-4-12-11(3-2-6-15-12)13(5-1)16-9-7-14-8-10-16;1-3-9-6-4-5-8(2)7-9;3*1-2;/h1-6H,7-10H2;1,3-7H,2H3;3*1-2H3;/q2*-1;;;;+2. The van der Waals surface area contributed by atoms with Crippen LogP contribution in [0, 0.1) is 13.5 Å². The molecule has 0 unspecified atom stereocenters. The van der Waals surface area contributed by atoms with Crippen molar-refractivity contribution >= 4 is 22.7 Å². The summed E-state index contributed by atoms with van der Waals surface area (Å²) in [6, 6.07) is 18.5. The van der Waals surface area contributed by atoms with E-state index in [1.54, 1.807) is 6.08 Å². The van der Waals surface area contributed by atoms with E-state index in [2.05, 4.69) is 39.5 Å². The number of hydrogen-bond donors (Lipinski definition) is 0. The molecule has 0 aliphatic carbocycles. The Bertz CT molecular complexity index is 837. The van der Waals surface area contributed by atoms with Crippen molar-refractivity contribution in [2.24, 2.45) is 0 Å². The molecule has 1 aliphatic rings. The molecule has 1 fully saturated rings. The summed E-state index contributed by atoms with van der Waals surface area (Å²) in [5.41, 5.74) is 4.69. The Morgan fingerprint density at radius 1 is 0.875 bits per heavy atom. The number of rotatable bonds is 2. The van der Waals surface area contributed by atoms with Crippen molar-refractivity contribution in [2.75, 3.05) is 31.1 Å². The number of benzene rings is 2. The Morgan fingerprint density at radius 2 is 1.50 bits per heavy atom. The van der Waals surface area contributed by atoms with Gasteiger partial charge in [0.1, 0.15) is 0 Å². The summed E-state index contributed by atoms with van der Waals surface area (Å²) < 4.78 is 0. The van der Waals surface area contributed by atoms with Crippen molar-refractivity contribution in [1.82, 2.24) is 4.98 Å². The van der Waals surface area contributed by atoms with Crippen LogP contribution in [0.2, 0.25) is 0 Å². The molecule has 2 aromatic carbocycles. The maximum Gasteiger partial charge on any atom is 2.00 e. The molecule has 0 bridgehead atoms. The second-order valence-corrected chi connectivity index (χ2v) is 6.09. The summed E-state index contributed by atoms with van der Waals surface area (Å²) in [7, 11) is 0. The van der Waals surface area contributed by atoms with Gasteiger partial charge in [0.05, 0.1) is 5.52 Å². The summed E-state index contributed by atoms with van der Waals surface area (Å²) in [5, 5.41) is 5.62. The molecule has 3 aromatic rings. The molecule has 0 amide bonds.